The molecular formula is CHBr2F2Li. The maximum Gasteiger partial charge on any atom is 1.00 e. The van der Waals surface area contributed by atoms with E-state index in [9.17, 15) is 8.78 Å². The summed E-state index contributed by atoms with van der Waals surface area (Å²) in [5.41, 5.74) is 0. The summed E-state index contributed by atoms with van der Waals surface area (Å²) < 4.78 is 18.8. The van der Waals surface area contributed by atoms with Crippen LogP contribution in [0.2, 0.25) is 0 Å². The summed E-state index contributed by atoms with van der Waals surface area (Å²) in [5, 5.41) is 0. The maximum atomic E-state index is 10.9. The van der Waals surface area contributed by atoms with Gasteiger partial charge in [-0.1, -0.05) is 0 Å². The van der Waals surface area contributed by atoms with E-state index >= 15 is 0 Å². The van der Waals surface area contributed by atoms with Crippen molar-refractivity contribution in [2.24, 2.45) is 0 Å². The van der Waals surface area contributed by atoms with Crippen molar-refractivity contribution in [3.63, 3.8) is 0 Å². The van der Waals surface area contributed by atoms with Crippen molar-refractivity contribution >= 4 is 31.9 Å². The minimum atomic E-state index is -2.88. The molecule has 0 nitrogen and oxygen atoms in total. The van der Waals surface area contributed by atoms with Gasteiger partial charge in [-0.3, -0.25) is 0 Å². The van der Waals surface area contributed by atoms with Crippen LogP contribution in [0.3, 0.4) is 0 Å². The van der Waals surface area contributed by atoms with Crippen molar-refractivity contribution in [1.82, 2.24) is 0 Å². The van der Waals surface area contributed by atoms with Gasteiger partial charge in [-0.2, -0.15) is 8.78 Å². The van der Waals surface area contributed by atoms with E-state index in [0.717, 1.165) is 0 Å². The van der Waals surface area contributed by atoms with Crippen molar-refractivity contribution in [1.29, 1.82) is 0 Å². The predicted molar refractivity (Wildman–Crippen MR) is 23.9 cm³/mol. The summed E-state index contributed by atoms with van der Waals surface area (Å²) in [6.45, 7) is 0. The average Bonchev–Trinajstić information content (AvgIpc) is 0.722. The molecule has 0 N–H and O–H groups in total. The van der Waals surface area contributed by atoms with Crippen molar-refractivity contribution in [3.05, 3.63) is 0 Å². The summed E-state index contributed by atoms with van der Waals surface area (Å²) in [6, 6.07) is 0. The molecule has 0 fully saturated rings. The fourth-order valence-corrected chi connectivity index (χ4v) is 0. The molecule has 0 spiro atoms. The van der Waals surface area contributed by atoms with E-state index in [4.69, 9.17) is 0 Å². The second kappa shape index (κ2) is 3.42. The van der Waals surface area contributed by atoms with Gasteiger partial charge in [0, 0.05) is 31.9 Å². The van der Waals surface area contributed by atoms with Gasteiger partial charge in [0.2, 0.25) is 0 Å². The standard InChI is InChI=1S/CBr2F2.Li.H/c2-1(3,4)5;;/q;+1;-1. The molecule has 5 heteroatoms. The molecule has 0 aliphatic carbocycles. The molecule has 0 aromatic rings. The Morgan fingerprint density at radius 1 is 1.33 bits per heavy atom. The van der Waals surface area contributed by atoms with E-state index in [1.165, 1.54) is 0 Å². The van der Waals surface area contributed by atoms with Gasteiger partial charge < -0.3 is 1.43 Å². The van der Waals surface area contributed by atoms with Crippen LogP contribution >= 0.6 is 31.9 Å². The minimum absolute atomic E-state index is 0. The normalized spacial score (nSPS) is 10.0. The SMILES string of the molecule is FC(F)(Br)Br.[H-].[Li+]. The largest absolute Gasteiger partial charge is 1.00 e. The Balaban J connectivity index is -0.0000000800. The smallest absolute Gasteiger partial charge is 1.00 e. The van der Waals surface area contributed by atoms with Gasteiger partial charge in [-0.25, -0.2) is 0 Å². The molecule has 34 valence electrons. The number of halogens is 4. The number of rotatable bonds is 0. The molecule has 0 aromatic heterocycles. The van der Waals surface area contributed by atoms with Gasteiger partial charge >= 0.3 is 22.6 Å². The van der Waals surface area contributed by atoms with E-state index in [-0.39, 0.29) is 20.3 Å². The first-order valence-electron chi connectivity index (χ1n) is 0.756. The molecule has 0 amide bonds. The van der Waals surface area contributed by atoms with Gasteiger partial charge in [0.05, 0.1) is 0 Å². The Kier molecular flexibility index (Phi) is 5.94. The van der Waals surface area contributed by atoms with Crippen LogP contribution < -0.4 is 18.9 Å². The molecule has 0 atom stereocenters. The first-order chi connectivity index (χ1) is 2.00. The van der Waals surface area contributed by atoms with Crippen LogP contribution in [-0.4, -0.2) is 3.74 Å². The second-order valence-electron chi connectivity index (χ2n) is 0.429. The summed E-state index contributed by atoms with van der Waals surface area (Å²) in [5.74, 6) is 0. The van der Waals surface area contributed by atoms with E-state index in [1.807, 2.05) is 31.9 Å². The molecule has 0 rings (SSSR count). The van der Waals surface area contributed by atoms with Gasteiger partial charge in [-0.05, 0) is 0 Å². The van der Waals surface area contributed by atoms with E-state index in [0.29, 0.717) is 0 Å². The van der Waals surface area contributed by atoms with Crippen molar-refractivity contribution < 1.29 is 29.1 Å². The maximum absolute atomic E-state index is 10.9. The second-order valence-corrected chi connectivity index (χ2v) is 3.48. The van der Waals surface area contributed by atoms with Crippen LogP contribution in [0.4, 0.5) is 8.78 Å². The molecule has 0 saturated heterocycles. The molecule has 0 aromatic carbocycles. The predicted octanol–water partition coefficient (Wildman–Crippen LogP) is -0.557. The van der Waals surface area contributed by atoms with E-state index in [2.05, 4.69) is 0 Å². The van der Waals surface area contributed by atoms with E-state index < -0.39 is 3.74 Å². The molecule has 0 unspecified atom stereocenters. The molecule has 0 saturated carbocycles. The Morgan fingerprint density at radius 3 is 1.33 bits per heavy atom. The molecule has 0 radical (unpaired) electrons. The summed E-state index contributed by atoms with van der Waals surface area (Å²) in [7, 11) is 0. The summed E-state index contributed by atoms with van der Waals surface area (Å²) in [6.07, 6.45) is 0. The fourth-order valence-electron chi connectivity index (χ4n) is 0. The van der Waals surface area contributed by atoms with Crippen LogP contribution in [0.5, 0.6) is 0 Å². The third kappa shape index (κ3) is 52.6. The number of hydrogen-bond donors (Lipinski definition) is 0. The van der Waals surface area contributed by atoms with Crippen LogP contribution in [0, 0.1) is 0 Å². The van der Waals surface area contributed by atoms with Gasteiger partial charge in [0.25, 0.3) is 0 Å². The Morgan fingerprint density at radius 2 is 1.33 bits per heavy atom. The topological polar surface area (TPSA) is 0 Å². The summed E-state index contributed by atoms with van der Waals surface area (Å²) >= 11 is 3.92. The zero-order valence-electron chi connectivity index (χ0n) is 4.01. The summed E-state index contributed by atoms with van der Waals surface area (Å²) in [4.78, 5) is 0. The van der Waals surface area contributed by atoms with Gasteiger partial charge in [0.15, 0.2) is 0 Å². The quantitative estimate of drug-likeness (QED) is 0.377. The molecule has 0 heterocycles. The van der Waals surface area contributed by atoms with Crippen molar-refractivity contribution in [2.75, 3.05) is 0 Å². The Labute approximate surface area is 64.6 Å². The first-order valence-corrected chi connectivity index (χ1v) is 2.34. The van der Waals surface area contributed by atoms with Crippen molar-refractivity contribution in [2.45, 2.75) is 3.74 Å². The van der Waals surface area contributed by atoms with E-state index in [1.54, 1.807) is 0 Å². The third-order valence-corrected chi connectivity index (χ3v) is 0. The zero-order chi connectivity index (χ0) is 4.50. The first kappa shape index (κ1) is 10.4. The number of hydrogen-bond acceptors (Lipinski definition) is 0. The zero-order valence-corrected chi connectivity index (χ0v) is 6.18. The van der Waals surface area contributed by atoms with Crippen molar-refractivity contribution in [3.8, 4) is 0 Å². The van der Waals surface area contributed by atoms with Gasteiger partial charge in [-0.15, -0.1) is 0 Å². The van der Waals surface area contributed by atoms with Crippen LogP contribution in [0.1, 0.15) is 1.43 Å². The van der Waals surface area contributed by atoms with Crippen LogP contribution in [0.25, 0.3) is 0 Å². The fraction of sp³-hybridized carbons (Fsp3) is 1.00. The molecule has 0 bridgehead atoms. The molecule has 0 aliphatic heterocycles. The van der Waals surface area contributed by atoms with Crippen LogP contribution in [-0.2, 0) is 0 Å². The Hall–Kier alpha value is 1.42. The average molecular weight is 218 g/mol. The third-order valence-electron chi connectivity index (χ3n) is 0. The molecule has 6 heavy (non-hydrogen) atoms. The molecular weight excluding hydrogens is 217 g/mol. The minimum Gasteiger partial charge on any atom is -1.00 e. The monoisotopic (exact) mass is 216 g/mol. The molecule has 0 aliphatic rings. The van der Waals surface area contributed by atoms with Gasteiger partial charge in [0.1, 0.15) is 0 Å². The van der Waals surface area contributed by atoms with Crippen LogP contribution in [0.15, 0.2) is 0 Å². The Bertz CT molecular complexity index is 31.2. The number of alkyl halides is 4.